The Balaban J connectivity index is 1.66. The third kappa shape index (κ3) is 3.77. The topological polar surface area (TPSA) is 50.2 Å². The maximum Gasteiger partial charge on any atom is 0.227 e. The van der Waals surface area contributed by atoms with Crippen LogP contribution in [-0.4, -0.2) is 46.8 Å². The van der Waals surface area contributed by atoms with Crippen molar-refractivity contribution in [3.05, 3.63) is 18.0 Å². The highest BCUT2D eigenvalue weighted by atomic mass is 16.2. The third-order valence-corrected chi connectivity index (χ3v) is 5.32. The van der Waals surface area contributed by atoms with E-state index >= 15 is 0 Å². The molecule has 128 valence electrons. The summed E-state index contributed by atoms with van der Waals surface area (Å²) in [6, 6.07) is 0. The molecule has 1 unspecified atom stereocenters. The van der Waals surface area contributed by atoms with Gasteiger partial charge in [-0.2, -0.15) is 5.10 Å². The fourth-order valence-electron chi connectivity index (χ4n) is 4.28. The number of hydrogen-bond acceptors (Lipinski definition) is 3. The molecule has 0 aliphatic carbocycles. The van der Waals surface area contributed by atoms with Crippen molar-refractivity contribution in [3.8, 4) is 0 Å². The standard InChI is InChI=1S/C18H30N4O/c1-13(2)7-14-5-4-6-22(11-14)18(23)17-10-19-9-16(17)15-8-20-21(3)12-15/h8,12-14,16-17,19H,4-7,9-11H2,1-3H3/t14?,16-,17+/m1/s1. The molecule has 0 bridgehead atoms. The second kappa shape index (κ2) is 7.04. The van der Waals surface area contributed by atoms with Gasteiger partial charge in [0, 0.05) is 45.3 Å². The number of amides is 1. The molecule has 0 aromatic carbocycles. The molecule has 2 aliphatic rings. The Bertz CT molecular complexity index is 539. The summed E-state index contributed by atoms with van der Waals surface area (Å²) in [6.07, 6.45) is 7.63. The van der Waals surface area contributed by atoms with Crippen molar-refractivity contribution < 1.29 is 4.79 Å². The molecule has 0 saturated carbocycles. The zero-order chi connectivity index (χ0) is 16.4. The minimum absolute atomic E-state index is 0.0667. The van der Waals surface area contributed by atoms with Crippen molar-refractivity contribution in [3.63, 3.8) is 0 Å². The average molecular weight is 318 g/mol. The van der Waals surface area contributed by atoms with Gasteiger partial charge in [0.2, 0.25) is 5.91 Å². The van der Waals surface area contributed by atoms with E-state index in [1.807, 2.05) is 17.9 Å². The van der Waals surface area contributed by atoms with Gasteiger partial charge in [0.25, 0.3) is 0 Å². The molecule has 5 nitrogen and oxygen atoms in total. The number of nitrogens with zero attached hydrogens (tertiary/aromatic N) is 3. The second-order valence-electron chi connectivity index (χ2n) is 7.74. The van der Waals surface area contributed by atoms with Crippen molar-refractivity contribution >= 4 is 5.91 Å². The summed E-state index contributed by atoms with van der Waals surface area (Å²) in [5, 5.41) is 7.69. The van der Waals surface area contributed by atoms with Crippen LogP contribution in [-0.2, 0) is 11.8 Å². The van der Waals surface area contributed by atoms with E-state index in [4.69, 9.17) is 0 Å². The lowest BCUT2D eigenvalue weighted by Gasteiger charge is -2.36. The van der Waals surface area contributed by atoms with Gasteiger partial charge in [-0.15, -0.1) is 0 Å². The largest absolute Gasteiger partial charge is 0.342 e. The SMILES string of the molecule is CC(C)CC1CCCN(C(=O)[C@H]2CNC[C@@H]2c2cnn(C)c2)C1. The highest BCUT2D eigenvalue weighted by molar-refractivity contribution is 5.80. The first-order chi connectivity index (χ1) is 11.0. The van der Waals surface area contributed by atoms with Crippen LogP contribution < -0.4 is 5.32 Å². The van der Waals surface area contributed by atoms with E-state index in [1.54, 1.807) is 0 Å². The van der Waals surface area contributed by atoms with E-state index in [2.05, 4.69) is 35.4 Å². The molecule has 3 heterocycles. The predicted octanol–water partition coefficient (Wildman–Crippen LogP) is 2.01. The lowest BCUT2D eigenvalue weighted by atomic mass is 9.86. The molecular weight excluding hydrogens is 288 g/mol. The van der Waals surface area contributed by atoms with Crippen molar-refractivity contribution in [2.45, 2.75) is 39.0 Å². The number of hydrogen-bond donors (Lipinski definition) is 1. The molecule has 1 amide bonds. The molecule has 1 aromatic heterocycles. The minimum atomic E-state index is 0.0667. The van der Waals surface area contributed by atoms with Crippen LogP contribution in [0.3, 0.4) is 0 Å². The quantitative estimate of drug-likeness (QED) is 0.924. The van der Waals surface area contributed by atoms with E-state index < -0.39 is 0 Å². The smallest absolute Gasteiger partial charge is 0.227 e. The third-order valence-electron chi connectivity index (χ3n) is 5.32. The van der Waals surface area contributed by atoms with Gasteiger partial charge in [-0.1, -0.05) is 13.8 Å². The van der Waals surface area contributed by atoms with E-state index in [-0.39, 0.29) is 11.8 Å². The van der Waals surface area contributed by atoms with Gasteiger partial charge < -0.3 is 10.2 Å². The Morgan fingerprint density at radius 1 is 1.43 bits per heavy atom. The zero-order valence-electron chi connectivity index (χ0n) is 14.7. The van der Waals surface area contributed by atoms with E-state index in [0.717, 1.165) is 32.6 Å². The number of rotatable bonds is 4. The van der Waals surface area contributed by atoms with Crippen LogP contribution in [0.25, 0.3) is 0 Å². The van der Waals surface area contributed by atoms with E-state index in [1.165, 1.54) is 18.4 Å². The minimum Gasteiger partial charge on any atom is -0.342 e. The lowest BCUT2D eigenvalue weighted by Crippen LogP contribution is -2.44. The monoisotopic (exact) mass is 318 g/mol. The van der Waals surface area contributed by atoms with Gasteiger partial charge in [0.1, 0.15) is 0 Å². The molecule has 3 rings (SSSR count). The molecule has 2 saturated heterocycles. The highest BCUT2D eigenvalue weighted by Gasteiger charge is 2.38. The number of carbonyl (C=O) groups excluding carboxylic acids is 1. The predicted molar refractivity (Wildman–Crippen MR) is 91.1 cm³/mol. The first-order valence-corrected chi connectivity index (χ1v) is 9.02. The van der Waals surface area contributed by atoms with E-state index in [9.17, 15) is 4.79 Å². The van der Waals surface area contributed by atoms with Crippen LogP contribution in [0.1, 0.15) is 44.6 Å². The fourth-order valence-corrected chi connectivity index (χ4v) is 4.28. The summed E-state index contributed by atoms with van der Waals surface area (Å²) in [4.78, 5) is 15.2. The second-order valence-corrected chi connectivity index (χ2v) is 7.74. The number of likely N-dealkylation sites (tertiary alicyclic amines) is 1. The molecule has 23 heavy (non-hydrogen) atoms. The Morgan fingerprint density at radius 2 is 2.26 bits per heavy atom. The summed E-state index contributed by atoms with van der Waals surface area (Å²) in [7, 11) is 1.93. The van der Waals surface area contributed by atoms with Gasteiger partial charge in [-0.05, 0) is 36.7 Å². The summed E-state index contributed by atoms with van der Waals surface area (Å²) < 4.78 is 1.83. The maximum atomic E-state index is 13.1. The Morgan fingerprint density at radius 3 is 2.96 bits per heavy atom. The summed E-state index contributed by atoms with van der Waals surface area (Å²) in [6.45, 7) is 8.12. The molecule has 3 atom stereocenters. The summed E-state index contributed by atoms with van der Waals surface area (Å²) >= 11 is 0. The van der Waals surface area contributed by atoms with Gasteiger partial charge in [-0.25, -0.2) is 0 Å². The van der Waals surface area contributed by atoms with Crippen molar-refractivity contribution in [1.82, 2.24) is 20.0 Å². The van der Waals surface area contributed by atoms with Crippen LogP contribution in [0.2, 0.25) is 0 Å². The molecule has 2 fully saturated rings. The molecule has 1 N–H and O–H groups in total. The number of aryl methyl sites for hydroxylation is 1. The number of aromatic nitrogens is 2. The summed E-state index contributed by atoms with van der Waals surface area (Å²) in [5.41, 5.74) is 1.19. The van der Waals surface area contributed by atoms with Crippen LogP contribution >= 0.6 is 0 Å². The molecule has 5 heteroatoms. The normalized spacial score (nSPS) is 28.5. The molecule has 0 radical (unpaired) electrons. The Kier molecular flexibility index (Phi) is 5.05. The first-order valence-electron chi connectivity index (χ1n) is 9.02. The average Bonchev–Trinajstić information content (AvgIpc) is 3.14. The first kappa shape index (κ1) is 16.5. The van der Waals surface area contributed by atoms with Gasteiger partial charge in [0.15, 0.2) is 0 Å². The van der Waals surface area contributed by atoms with Crippen molar-refractivity contribution in [2.24, 2.45) is 24.8 Å². The molecule has 2 aliphatic heterocycles. The Hall–Kier alpha value is -1.36. The number of piperidine rings is 1. The highest BCUT2D eigenvalue weighted by Crippen LogP contribution is 2.31. The van der Waals surface area contributed by atoms with Crippen LogP contribution in [0, 0.1) is 17.8 Å². The molecular formula is C18H30N4O. The fraction of sp³-hybridized carbons (Fsp3) is 0.778. The van der Waals surface area contributed by atoms with Crippen LogP contribution in [0.4, 0.5) is 0 Å². The van der Waals surface area contributed by atoms with Gasteiger partial charge >= 0.3 is 0 Å². The Labute approximate surface area is 139 Å². The lowest BCUT2D eigenvalue weighted by molar-refractivity contribution is -0.137. The zero-order valence-corrected chi connectivity index (χ0v) is 14.7. The van der Waals surface area contributed by atoms with Gasteiger partial charge in [0.05, 0.1) is 12.1 Å². The molecule has 1 aromatic rings. The number of nitrogens with one attached hydrogen (secondary N) is 1. The maximum absolute atomic E-state index is 13.1. The van der Waals surface area contributed by atoms with E-state index in [0.29, 0.717) is 17.7 Å². The summed E-state index contributed by atoms with van der Waals surface area (Å²) in [5.74, 6) is 2.07. The number of carbonyl (C=O) groups is 1. The van der Waals surface area contributed by atoms with Crippen LogP contribution in [0.15, 0.2) is 12.4 Å². The van der Waals surface area contributed by atoms with Crippen molar-refractivity contribution in [1.29, 1.82) is 0 Å². The molecule has 0 spiro atoms. The van der Waals surface area contributed by atoms with Crippen molar-refractivity contribution in [2.75, 3.05) is 26.2 Å². The van der Waals surface area contributed by atoms with Crippen LogP contribution in [0.5, 0.6) is 0 Å². The van der Waals surface area contributed by atoms with Gasteiger partial charge in [-0.3, -0.25) is 9.48 Å².